The minimum atomic E-state index is -0.792. The van der Waals surface area contributed by atoms with Crippen molar-refractivity contribution in [1.29, 1.82) is 0 Å². The van der Waals surface area contributed by atoms with Gasteiger partial charge in [0.25, 0.3) is 0 Å². The Morgan fingerprint density at radius 1 is 1.41 bits per heavy atom. The fraction of sp³-hybridized carbons (Fsp3) is 0.538. The van der Waals surface area contributed by atoms with Crippen molar-refractivity contribution in [1.82, 2.24) is 5.32 Å². The fourth-order valence-electron chi connectivity index (χ4n) is 1.54. The number of nitrogens with one attached hydrogen (secondary N) is 1. The molecule has 0 heterocycles. The summed E-state index contributed by atoms with van der Waals surface area (Å²) in [6.07, 6.45) is 1.73. The molecule has 0 aliphatic heterocycles. The minimum absolute atomic E-state index is 0.0654. The molecule has 1 aromatic rings. The van der Waals surface area contributed by atoms with E-state index in [0.717, 1.165) is 17.7 Å². The van der Waals surface area contributed by atoms with Gasteiger partial charge in [0.15, 0.2) is 0 Å². The molecule has 3 atom stereocenters. The van der Waals surface area contributed by atoms with E-state index in [1.54, 1.807) is 6.26 Å². The number of hydrogen-bond donors (Lipinski definition) is 2. The van der Waals surface area contributed by atoms with Crippen molar-refractivity contribution in [3.63, 3.8) is 0 Å². The Hall–Kier alpha value is -0.710. The van der Waals surface area contributed by atoms with Crippen LogP contribution in [-0.2, 0) is 17.4 Å². The zero-order valence-electron chi connectivity index (χ0n) is 10.6. The third-order valence-corrected chi connectivity index (χ3v) is 4.21. The van der Waals surface area contributed by atoms with Crippen LogP contribution in [0.2, 0.25) is 0 Å². The lowest BCUT2D eigenvalue weighted by Gasteiger charge is -2.17. The topological polar surface area (TPSA) is 49.3 Å². The highest BCUT2D eigenvalue weighted by atomic mass is 32.2. The number of rotatable bonds is 6. The smallest absolute Gasteiger partial charge is 0.0681 e. The summed E-state index contributed by atoms with van der Waals surface area (Å²) < 4.78 is 11.2. The first-order valence-electron chi connectivity index (χ1n) is 5.80. The zero-order chi connectivity index (χ0) is 12.8. The third-order valence-electron chi connectivity index (χ3n) is 2.91. The lowest BCUT2D eigenvalue weighted by Crippen LogP contribution is -2.29. The molecule has 17 heavy (non-hydrogen) atoms. The molecule has 1 aromatic carbocycles. The minimum Gasteiger partial charge on any atom is -0.392 e. The van der Waals surface area contributed by atoms with Crippen LogP contribution in [0.15, 0.2) is 24.3 Å². The van der Waals surface area contributed by atoms with Gasteiger partial charge in [-0.05, 0) is 25.0 Å². The van der Waals surface area contributed by atoms with Crippen LogP contribution in [0.25, 0.3) is 0 Å². The maximum absolute atomic E-state index is 11.2. The van der Waals surface area contributed by atoms with Crippen LogP contribution in [0, 0.1) is 0 Å². The number of aliphatic hydroxyl groups is 1. The lowest BCUT2D eigenvalue weighted by atomic mass is 10.1. The second kappa shape index (κ2) is 6.89. The van der Waals surface area contributed by atoms with Crippen LogP contribution in [0.3, 0.4) is 0 Å². The molecule has 96 valence electrons. The Balaban J connectivity index is 2.57. The highest BCUT2D eigenvalue weighted by molar-refractivity contribution is 7.84. The van der Waals surface area contributed by atoms with Crippen LogP contribution in [-0.4, -0.2) is 27.4 Å². The second-order valence-corrected chi connectivity index (χ2v) is 6.14. The van der Waals surface area contributed by atoms with Crippen molar-refractivity contribution in [2.75, 3.05) is 12.8 Å². The monoisotopic (exact) mass is 255 g/mol. The molecule has 0 aromatic heterocycles. The summed E-state index contributed by atoms with van der Waals surface area (Å²) in [5.74, 6) is 0. The average Bonchev–Trinajstić information content (AvgIpc) is 2.35. The molecular formula is C13H21NO2S. The molecule has 0 aliphatic rings. The Bertz CT molecular complexity index is 381. The van der Waals surface area contributed by atoms with Gasteiger partial charge in [0.05, 0.1) is 6.61 Å². The van der Waals surface area contributed by atoms with Gasteiger partial charge in [0, 0.05) is 34.9 Å². The molecular weight excluding hydrogens is 234 g/mol. The van der Waals surface area contributed by atoms with Crippen LogP contribution < -0.4 is 5.32 Å². The molecule has 4 heteroatoms. The van der Waals surface area contributed by atoms with E-state index >= 15 is 0 Å². The summed E-state index contributed by atoms with van der Waals surface area (Å²) >= 11 is 0. The van der Waals surface area contributed by atoms with Gasteiger partial charge < -0.3 is 10.4 Å². The van der Waals surface area contributed by atoms with Crippen LogP contribution >= 0.6 is 0 Å². The van der Waals surface area contributed by atoms with E-state index in [1.165, 1.54) is 0 Å². The molecule has 0 fully saturated rings. The summed E-state index contributed by atoms with van der Waals surface area (Å²) in [4.78, 5) is 0. The second-order valence-electron chi connectivity index (χ2n) is 4.34. The molecule has 3 nitrogen and oxygen atoms in total. The standard InChI is InChI=1S/C13H21NO2S/c1-10(17(3)16)8-14-11(2)13-6-4-5-12(7-13)9-15/h4-7,10-11,14-15H,8-9H2,1-3H3. The first-order valence-corrected chi connectivity index (χ1v) is 7.42. The summed E-state index contributed by atoms with van der Waals surface area (Å²) in [7, 11) is -0.792. The maximum Gasteiger partial charge on any atom is 0.0681 e. The molecule has 2 N–H and O–H groups in total. The maximum atomic E-state index is 11.2. The van der Waals surface area contributed by atoms with Crippen molar-refractivity contribution in [2.45, 2.75) is 31.7 Å². The number of benzene rings is 1. The van der Waals surface area contributed by atoms with E-state index < -0.39 is 10.8 Å². The normalized spacial score (nSPS) is 16.5. The van der Waals surface area contributed by atoms with E-state index in [1.807, 2.05) is 31.2 Å². The average molecular weight is 255 g/mol. The summed E-state index contributed by atoms with van der Waals surface area (Å²) in [6, 6.07) is 8.07. The SMILES string of the molecule is CC(NCC(C)S(C)=O)c1cccc(CO)c1. The van der Waals surface area contributed by atoms with Crippen molar-refractivity contribution in [3.8, 4) is 0 Å². The van der Waals surface area contributed by atoms with Gasteiger partial charge in [-0.1, -0.05) is 24.3 Å². The predicted molar refractivity (Wildman–Crippen MR) is 72.3 cm³/mol. The molecule has 0 saturated carbocycles. The largest absolute Gasteiger partial charge is 0.392 e. The molecule has 0 spiro atoms. The van der Waals surface area contributed by atoms with Gasteiger partial charge in [-0.15, -0.1) is 0 Å². The highest BCUT2D eigenvalue weighted by Gasteiger charge is 2.10. The van der Waals surface area contributed by atoms with Gasteiger partial charge in [0.2, 0.25) is 0 Å². The van der Waals surface area contributed by atoms with E-state index in [4.69, 9.17) is 5.11 Å². The first-order chi connectivity index (χ1) is 8.04. The molecule has 1 rings (SSSR count). The van der Waals surface area contributed by atoms with Crippen molar-refractivity contribution in [2.24, 2.45) is 0 Å². The summed E-state index contributed by atoms with van der Waals surface area (Å²) in [6.45, 7) is 4.84. The van der Waals surface area contributed by atoms with Crippen molar-refractivity contribution >= 4 is 10.8 Å². The molecule has 3 unspecified atom stereocenters. The molecule has 0 bridgehead atoms. The van der Waals surface area contributed by atoms with E-state index in [9.17, 15) is 4.21 Å². The van der Waals surface area contributed by atoms with Gasteiger partial charge in [-0.3, -0.25) is 4.21 Å². The zero-order valence-corrected chi connectivity index (χ0v) is 11.5. The molecule has 0 saturated heterocycles. The van der Waals surface area contributed by atoms with E-state index in [0.29, 0.717) is 0 Å². The van der Waals surface area contributed by atoms with Crippen molar-refractivity contribution in [3.05, 3.63) is 35.4 Å². The van der Waals surface area contributed by atoms with Crippen molar-refractivity contribution < 1.29 is 9.32 Å². The van der Waals surface area contributed by atoms with Gasteiger partial charge in [-0.25, -0.2) is 0 Å². The van der Waals surface area contributed by atoms with E-state index in [2.05, 4.69) is 12.2 Å². The molecule has 0 amide bonds. The Morgan fingerprint density at radius 3 is 2.71 bits per heavy atom. The van der Waals surface area contributed by atoms with Gasteiger partial charge >= 0.3 is 0 Å². The molecule has 0 aliphatic carbocycles. The predicted octanol–water partition coefficient (Wildman–Crippen LogP) is 1.60. The summed E-state index contributed by atoms with van der Waals surface area (Å²) in [5.41, 5.74) is 2.06. The fourth-order valence-corrected chi connectivity index (χ4v) is 1.87. The lowest BCUT2D eigenvalue weighted by molar-refractivity contribution is 0.281. The molecule has 0 radical (unpaired) electrons. The Labute approximate surface area is 106 Å². The van der Waals surface area contributed by atoms with Gasteiger partial charge in [-0.2, -0.15) is 0 Å². The van der Waals surface area contributed by atoms with Gasteiger partial charge in [0.1, 0.15) is 0 Å². The highest BCUT2D eigenvalue weighted by Crippen LogP contribution is 2.14. The summed E-state index contributed by atoms with van der Waals surface area (Å²) in [5, 5.41) is 12.6. The third kappa shape index (κ3) is 4.58. The van der Waals surface area contributed by atoms with Crippen LogP contribution in [0.5, 0.6) is 0 Å². The first kappa shape index (κ1) is 14.4. The quantitative estimate of drug-likeness (QED) is 0.811. The number of aliphatic hydroxyl groups excluding tert-OH is 1. The van der Waals surface area contributed by atoms with E-state index in [-0.39, 0.29) is 17.9 Å². The Kier molecular flexibility index (Phi) is 5.82. The Morgan fingerprint density at radius 2 is 2.12 bits per heavy atom. The number of hydrogen-bond acceptors (Lipinski definition) is 3. The van der Waals surface area contributed by atoms with Crippen LogP contribution in [0.4, 0.5) is 0 Å². The van der Waals surface area contributed by atoms with Crippen LogP contribution in [0.1, 0.15) is 31.0 Å².